The normalized spacial score (nSPS) is 13.1. The maximum Gasteiger partial charge on any atom is 0.229 e. The van der Waals surface area contributed by atoms with E-state index in [0.29, 0.717) is 17.5 Å². The minimum Gasteiger partial charge on any atom is -0.340 e. The van der Waals surface area contributed by atoms with Crippen LogP contribution < -0.4 is 21.3 Å². The number of aromatic nitrogens is 4. The van der Waals surface area contributed by atoms with Gasteiger partial charge in [-0.1, -0.05) is 6.07 Å². The van der Waals surface area contributed by atoms with Gasteiger partial charge in [-0.25, -0.2) is 9.37 Å². The molecule has 1 unspecified atom stereocenters. The van der Waals surface area contributed by atoms with Gasteiger partial charge in [-0.05, 0) is 73.6 Å². The Kier molecular flexibility index (Phi) is 6.26. The lowest BCUT2D eigenvalue weighted by atomic mass is 10.0. The molecule has 1 atom stereocenters. The van der Waals surface area contributed by atoms with E-state index in [1.165, 1.54) is 23.3 Å². The summed E-state index contributed by atoms with van der Waals surface area (Å²) in [5.41, 5.74) is 5.93. The average Bonchev–Trinajstić information content (AvgIpc) is 3.29. The number of hydrogen-bond acceptors (Lipinski definition) is 6. The minimum absolute atomic E-state index is 0.245. The van der Waals surface area contributed by atoms with Crippen molar-refractivity contribution in [2.24, 2.45) is 0 Å². The van der Waals surface area contributed by atoms with Crippen LogP contribution in [0.3, 0.4) is 0 Å². The molecule has 0 saturated carbocycles. The number of hydrogen-bond donors (Lipinski definition) is 3. The van der Waals surface area contributed by atoms with Gasteiger partial charge in [-0.15, -0.1) is 9.24 Å². The first-order valence-electron chi connectivity index (χ1n) is 11.3. The molecule has 1 aliphatic heterocycles. The smallest absolute Gasteiger partial charge is 0.229 e. The van der Waals surface area contributed by atoms with Gasteiger partial charge >= 0.3 is 0 Å². The zero-order valence-electron chi connectivity index (χ0n) is 19.1. The van der Waals surface area contributed by atoms with Crippen LogP contribution in [-0.2, 0) is 13.0 Å². The van der Waals surface area contributed by atoms with Crippen molar-refractivity contribution in [2.75, 3.05) is 17.2 Å². The predicted octanol–water partition coefficient (Wildman–Crippen LogP) is 4.69. The molecule has 4 aromatic rings. The van der Waals surface area contributed by atoms with Crippen molar-refractivity contribution < 1.29 is 4.39 Å². The summed E-state index contributed by atoms with van der Waals surface area (Å²) in [6.07, 6.45) is 6.61. The molecular formula is C25H27FN7P. The van der Waals surface area contributed by atoms with Crippen molar-refractivity contribution in [3.8, 4) is 11.1 Å². The predicted molar refractivity (Wildman–Crippen MR) is 138 cm³/mol. The van der Waals surface area contributed by atoms with Gasteiger partial charge in [0.2, 0.25) is 5.95 Å². The lowest BCUT2D eigenvalue weighted by Gasteiger charge is -2.19. The van der Waals surface area contributed by atoms with E-state index in [9.17, 15) is 4.39 Å². The maximum atomic E-state index is 13.9. The highest BCUT2D eigenvalue weighted by atomic mass is 31.0. The third-order valence-electron chi connectivity index (χ3n) is 5.76. The zero-order chi connectivity index (χ0) is 23.7. The van der Waals surface area contributed by atoms with Gasteiger partial charge in [-0.2, -0.15) is 10.1 Å². The van der Waals surface area contributed by atoms with Gasteiger partial charge in [0.1, 0.15) is 11.6 Å². The first-order valence-corrected chi connectivity index (χ1v) is 11.9. The van der Waals surface area contributed by atoms with Crippen LogP contribution in [0, 0.1) is 5.82 Å². The molecule has 0 bridgehead atoms. The topological polar surface area (TPSA) is 79.7 Å². The first kappa shape index (κ1) is 22.4. The number of halogens is 1. The highest BCUT2D eigenvalue weighted by Crippen LogP contribution is 2.31. The number of nitrogens with one attached hydrogen (secondary N) is 3. The largest absolute Gasteiger partial charge is 0.340 e. The fourth-order valence-electron chi connectivity index (χ4n) is 4.02. The molecule has 2 aromatic carbocycles. The van der Waals surface area contributed by atoms with E-state index in [1.54, 1.807) is 6.20 Å². The van der Waals surface area contributed by atoms with E-state index in [2.05, 4.69) is 67.3 Å². The number of nitrogens with zero attached hydrogens (tertiary/aromatic N) is 4. The number of fused-ring (bicyclic) bond motifs is 1. The summed E-state index contributed by atoms with van der Waals surface area (Å²) in [5.74, 6) is 0.692. The van der Waals surface area contributed by atoms with Crippen LogP contribution in [0.4, 0.5) is 27.5 Å². The van der Waals surface area contributed by atoms with E-state index in [1.807, 2.05) is 23.1 Å². The van der Waals surface area contributed by atoms with Crippen LogP contribution in [0.1, 0.15) is 31.0 Å². The van der Waals surface area contributed by atoms with Crippen LogP contribution in [-0.4, -0.2) is 26.3 Å². The van der Waals surface area contributed by atoms with Crippen LogP contribution >= 0.6 is 9.24 Å². The van der Waals surface area contributed by atoms with Crippen molar-refractivity contribution in [3.63, 3.8) is 0 Å². The van der Waals surface area contributed by atoms with Crippen molar-refractivity contribution >= 4 is 37.7 Å². The summed E-state index contributed by atoms with van der Waals surface area (Å²) in [6, 6.07) is 11.3. The molecule has 34 heavy (non-hydrogen) atoms. The van der Waals surface area contributed by atoms with Crippen LogP contribution in [0.15, 0.2) is 55.0 Å². The van der Waals surface area contributed by atoms with Gasteiger partial charge in [0, 0.05) is 47.5 Å². The Hall–Kier alpha value is -3.35. The Morgan fingerprint density at radius 2 is 1.94 bits per heavy atom. The monoisotopic (exact) mass is 475 g/mol. The minimum atomic E-state index is -0.325. The molecule has 3 N–H and O–H groups in total. The van der Waals surface area contributed by atoms with Crippen LogP contribution in [0.25, 0.3) is 11.1 Å². The van der Waals surface area contributed by atoms with Gasteiger partial charge in [0.25, 0.3) is 0 Å². The molecule has 0 aliphatic carbocycles. The fourth-order valence-corrected chi connectivity index (χ4v) is 4.36. The lowest BCUT2D eigenvalue weighted by molar-refractivity contribution is 0.532. The Labute approximate surface area is 200 Å². The number of rotatable bonds is 6. The lowest BCUT2D eigenvalue weighted by Crippen LogP contribution is -2.23. The first-order chi connectivity index (χ1) is 16.4. The molecular weight excluding hydrogens is 448 g/mol. The molecule has 0 spiro atoms. The Bertz CT molecular complexity index is 1310. The summed E-state index contributed by atoms with van der Waals surface area (Å²) in [7, 11) is 2.50. The van der Waals surface area contributed by atoms with E-state index in [4.69, 9.17) is 4.98 Å². The molecule has 0 radical (unpaired) electrons. The molecule has 0 fully saturated rings. The van der Waals surface area contributed by atoms with E-state index >= 15 is 0 Å². The molecule has 174 valence electrons. The highest BCUT2D eigenvalue weighted by Gasteiger charge is 2.15. The standard InChI is InChI=1S/C25H27FN7P/c1-15(2)33-14-18(12-29-33)23-13-28-25(31-21-8-19(26)9-22(34)10-21)32-24(23)30-20-4-3-16-5-6-27-11-17(16)7-20/h3-4,7-10,12-15,27H,5-6,11,34H2,1-2H3,(H2,28,30,31,32). The average molecular weight is 476 g/mol. The number of anilines is 4. The molecule has 3 heterocycles. The molecule has 0 amide bonds. The maximum absolute atomic E-state index is 13.9. The molecule has 0 saturated heterocycles. The van der Waals surface area contributed by atoms with Gasteiger partial charge < -0.3 is 16.0 Å². The third-order valence-corrected chi connectivity index (χ3v) is 6.10. The molecule has 5 rings (SSSR count). The zero-order valence-corrected chi connectivity index (χ0v) is 20.3. The van der Waals surface area contributed by atoms with E-state index < -0.39 is 0 Å². The van der Waals surface area contributed by atoms with Gasteiger partial charge in [0.15, 0.2) is 0 Å². The van der Waals surface area contributed by atoms with Crippen molar-refractivity contribution in [2.45, 2.75) is 32.9 Å². The van der Waals surface area contributed by atoms with Crippen LogP contribution in [0.2, 0.25) is 0 Å². The Morgan fingerprint density at radius 3 is 2.74 bits per heavy atom. The summed E-state index contributed by atoms with van der Waals surface area (Å²) in [4.78, 5) is 9.25. The second-order valence-corrected chi connectivity index (χ2v) is 9.36. The van der Waals surface area contributed by atoms with Gasteiger partial charge in [-0.3, -0.25) is 4.68 Å². The summed E-state index contributed by atoms with van der Waals surface area (Å²) < 4.78 is 15.8. The summed E-state index contributed by atoms with van der Waals surface area (Å²) in [5, 5.41) is 15.2. The molecule has 7 nitrogen and oxygen atoms in total. The summed E-state index contributed by atoms with van der Waals surface area (Å²) in [6.45, 7) is 6.02. The van der Waals surface area contributed by atoms with Crippen LogP contribution in [0.5, 0.6) is 0 Å². The van der Waals surface area contributed by atoms with E-state index in [0.717, 1.165) is 41.6 Å². The third kappa shape index (κ3) is 4.93. The second-order valence-electron chi connectivity index (χ2n) is 8.69. The second kappa shape index (κ2) is 9.49. The van der Waals surface area contributed by atoms with Crippen molar-refractivity contribution in [1.82, 2.24) is 25.1 Å². The highest BCUT2D eigenvalue weighted by molar-refractivity contribution is 7.27. The molecule has 2 aromatic heterocycles. The molecule has 1 aliphatic rings. The van der Waals surface area contributed by atoms with Crippen molar-refractivity contribution in [3.05, 3.63) is 71.9 Å². The summed E-state index contributed by atoms with van der Waals surface area (Å²) >= 11 is 0. The quantitative estimate of drug-likeness (QED) is 0.351. The molecule has 9 heteroatoms. The van der Waals surface area contributed by atoms with Crippen molar-refractivity contribution in [1.29, 1.82) is 0 Å². The van der Waals surface area contributed by atoms with E-state index in [-0.39, 0.29) is 11.9 Å². The Balaban J connectivity index is 1.51. The Morgan fingerprint density at radius 1 is 1.06 bits per heavy atom. The van der Waals surface area contributed by atoms with Gasteiger partial charge in [0.05, 0.1) is 6.20 Å². The fraction of sp³-hybridized carbons (Fsp3) is 0.240. The SMILES string of the molecule is CC(C)n1cc(-c2cnc(Nc3cc(F)cc(P)c3)nc2Nc2ccc3c(c2)CNCC3)cn1. The number of benzene rings is 2.